The molecule has 1 saturated carbocycles. The Labute approximate surface area is 238 Å². The number of carbonyl (C=O) groups excluding carboxylic acids is 1. The van der Waals surface area contributed by atoms with E-state index in [9.17, 15) is 13.6 Å². The van der Waals surface area contributed by atoms with Crippen molar-refractivity contribution in [2.24, 2.45) is 5.92 Å². The SMILES string of the molecule is COc1ccc(OC)c(SC(=O)O[C@@H](Cc2c(Cl)c[nH+]cc2Cl)c2ccc(OC(F)F)c(OCC3CC3)c2)c1. The van der Waals surface area contributed by atoms with E-state index in [0.29, 0.717) is 50.1 Å². The maximum atomic E-state index is 13.2. The molecule has 3 aromatic rings. The highest BCUT2D eigenvalue weighted by Gasteiger charge is 2.27. The quantitative estimate of drug-likeness (QED) is 0.158. The smallest absolute Gasteiger partial charge is 0.387 e. The van der Waals surface area contributed by atoms with Crippen LogP contribution in [0.2, 0.25) is 10.0 Å². The van der Waals surface area contributed by atoms with Crippen molar-refractivity contribution in [2.45, 2.75) is 36.9 Å². The Bertz CT molecular complexity index is 1290. The average Bonchev–Trinajstić information content (AvgIpc) is 3.74. The first-order valence-corrected chi connectivity index (χ1v) is 13.5. The van der Waals surface area contributed by atoms with Crippen molar-refractivity contribution in [3.05, 3.63) is 70.0 Å². The van der Waals surface area contributed by atoms with Gasteiger partial charge in [-0.05, 0) is 66.4 Å². The van der Waals surface area contributed by atoms with E-state index in [0.717, 1.165) is 24.6 Å². The summed E-state index contributed by atoms with van der Waals surface area (Å²) in [5.41, 5.74) is 1.01. The third-order valence-electron chi connectivity index (χ3n) is 5.92. The fourth-order valence-corrected chi connectivity index (χ4v) is 5.00. The van der Waals surface area contributed by atoms with Gasteiger partial charge < -0.3 is 23.7 Å². The van der Waals surface area contributed by atoms with Gasteiger partial charge in [-0.1, -0.05) is 29.3 Å². The van der Waals surface area contributed by atoms with Gasteiger partial charge in [0, 0.05) is 12.0 Å². The molecule has 208 valence electrons. The Morgan fingerprint density at radius 2 is 1.74 bits per heavy atom. The Morgan fingerprint density at radius 1 is 1.03 bits per heavy atom. The summed E-state index contributed by atoms with van der Waals surface area (Å²) < 4.78 is 53.1. The molecule has 39 heavy (non-hydrogen) atoms. The number of ether oxygens (including phenoxy) is 5. The maximum absolute atomic E-state index is 13.2. The highest BCUT2D eigenvalue weighted by atomic mass is 35.5. The van der Waals surface area contributed by atoms with Gasteiger partial charge in [0.1, 0.15) is 27.6 Å². The summed E-state index contributed by atoms with van der Waals surface area (Å²) in [5, 5.41) is 0.0386. The van der Waals surface area contributed by atoms with Crippen LogP contribution in [0.4, 0.5) is 13.6 Å². The number of thioether (sulfide) groups is 1. The summed E-state index contributed by atoms with van der Waals surface area (Å²) in [6, 6.07) is 9.47. The number of aromatic nitrogens is 1. The lowest BCUT2D eigenvalue weighted by molar-refractivity contribution is -0.377. The van der Waals surface area contributed by atoms with Crippen molar-refractivity contribution >= 4 is 40.3 Å². The molecule has 1 fully saturated rings. The van der Waals surface area contributed by atoms with E-state index < -0.39 is 18.0 Å². The Kier molecular flexibility index (Phi) is 9.99. The van der Waals surface area contributed by atoms with Gasteiger partial charge >= 0.3 is 11.9 Å². The molecular weight excluding hydrogens is 575 g/mol. The van der Waals surface area contributed by atoms with Crippen LogP contribution in [0.25, 0.3) is 0 Å². The van der Waals surface area contributed by atoms with Crippen molar-refractivity contribution in [1.29, 1.82) is 0 Å². The number of methoxy groups -OCH3 is 2. The number of benzene rings is 2. The first kappa shape index (κ1) is 29.0. The second-order valence-corrected chi connectivity index (χ2v) is 10.4. The minimum absolute atomic E-state index is 0.102. The van der Waals surface area contributed by atoms with E-state index in [2.05, 4.69) is 9.72 Å². The lowest BCUT2D eigenvalue weighted by Crippen LogP contribution is -2.14. The zero-order chi connectivity index (χ0) is 27.9. The maximum Gasteiger partial charge on any atom is 0.387 e. The van der Waals surface area contributed by atoms with E-state index in [1.54, 1.807) is 30.6 Å². The van der Waals surface area contributed by atoms with Crippen molar-refractivity contribution in [3.8, 4) is 23.0 Å². The topological polar surface area (TPSA) is 77.4 Å². The van der Waals surface area contributed by atoms with E-state index in [1.807, 2.05) is 0 Å². The molecule has 1 aromatic heterocycles. The van der Waals surface area contributed by atoms with E-state index in [-0.39, 0.29) is 17.9 Å². The highest BCUT2D eigenvalue weighted by Crippen LogP contribution is 2.40. The van der Waals surface area contributed by atoms with Gasteiger partial charge in [0.25, 0.3) is 0 Å². The molecule has 0 aliphatic heterocycles. The molecule has 12 heteroatoms. The van der Waals surface area contributed by atoms with E-state index in [1.165, 1.54) is 32.4 Å². The van der Waals surface area contributed by atoms with Crippen LogP contribution in [0.15, 0.2) is 53.7 Å². The summed E-state index contributed by atoms with van der Waals surface area (Å²) in [5.74, 6) is 1.38. The van der Waals surface area contributed by atoms with Crippen LogP contribution < -0.4 is 23.9 Å². The molecule has 0 saturated heterocycles. The van der Waals surface area contributed by atoms with Crippen LogP contribution in [0.5, 0.6) is 23.0 Å². The predicted octanol–water partition coefficient (Wildman–Crippen LogP) is 7.43. The van der Waals surface area contributed by atoms with Crippen LogP contribution in [-0.2, 0) is 11.2 Å². The third kappa shape index (κ3) is 8.03. The van der Waals surface area contributed by atoms with Crippen molar-refractivity contribution in [3.63, 3.8) is 0 Å². The summed E-state index contributed by atoms with van der Waals surface area (Å²) in [6.07, 6.45) is 4.34. The highest BCUT2D eigenvalue weighted by molar-refractivity contribution is 8.13. The summed E-state index contributed by atoms with van der Waals surface area (Å²) in [7, 11) is 3.00. The Balaban J connectivity index is 1.65. The van der Waals surface area contributed by atoms with Crippen molar-refractivity contribution in [1.82, 2.24) is 0 Å². The molecule has 0 spiro atoms. The molecule has 0 unspecified atom stereocenters. The standard InChI is InChI=1S/C27H25Cl2F2NO6S/c1-34-17-6-8-22(35-2)25(10-17)39-27(33)38-23(11-18-19(28)12-32-13-20(18)29)16-5-7-21(37-26(30)31)24(9-16)36-14-15-3-4-15/h5-10,12-13,15,23,26H,3-4,11,14H2,1-2H3/p+1/t23-/m0/s1. The molecule has 2 aromatic carbocycles. The van der Waals surface area contributed by atoms with Gasteiger partial charge in [-0.15, -0.1) is 0 Å². The molecule has 0 bridgehead atoms. The van der Waals surface area contributed by atoms with E-state index >= 15 is 0 Å². The molecule has 1 aliphatic carbocycles. The number of carbonyl (C=O) groups is 1. The third-order valence-corrected chi connectivity index (χ3v) is 7.39. The van der Waals surface area contributed by atoms with E-state index in [4.69, 9.17) is 42.1 Å². The fourth-order valence-electron chi connectivity index (χ4n) is 3.70. The first-order chi connectivity index (χ1) is 18.8. The molecule has 1 aliphatic rings. The zero-order valence-electron chi connectivity index (χ0n) is 21.0. The summed E-state index contributed by atoms with van der Waals surface area (Å²) in [6.45, 7) is -2.66. The minimum atomic E-state index is -3.03. The zero-order valence-corrected chi connectivity index (χ0v) is 23.4. The molecule has 1 heterocycles. The van der Waals surface area contributed by atoms with Gasteiger partial charge in [-0.3, -0.25) is 0 Å². The molecule has 4 rings (SSSR count). The van der Waals surface area contributed by atoms with Crippen LogP contribution in [-0.4, -0.2) is 32.7 Å². The van der Waals surface area contributed by atoms with Crippen LogP contribution in [0, 0.1) is 5.92 Å². The number of H-pyrrole nitrogens is 1. The second kappa shape index (κ2) is 13.4. The Morgan fingerprint density at radius 3 is 2.38 bits per heavy atom. The van der Waals surface area contributed by atoms with Crippen molar-refractivity contribution < 1.29 is 42.2 Å². The number of rotatable bonds is 12. The number of alkyl halides is 2. The molecule has 0 amide bonds. The predicted molar refractivity (Wildman–Crippen MR) is 143 cm³/mol. The number of hydrogen-bond donors (Lipinski definition) is 0. The Hall–Kier alpha value is -2.95. The number of hydrogen-bond acceptors (Lipinski definition) is 7. The van der Waals surface area contributed by atoms with Gasteiger partial charge in [0.05, 0.1) is 25.7 Å². The molecule has 7 nitrogen and oxygen atoms in total. The lowest BCUT2D eigenvalue weighted by Gasteiger charge is -2.21. The molecule has 1 atom stereocenters. The largest absolute Gasteiger partial charge is 0.497 e. The summed E-state index contributed by atoms with van der Waals surface area (Å²) >= 11 is 13.6. The number of aromatic amines is 1. The van der Waals surface area contributed by atoms with Crippen LogP contribution >= 0.6 is 35.0 Å². The van der Waals surface area contributed by atoms with Crippen molar-refractivity contribution in [2.75, 3.05) is 20.8 Å². The average molecular weight is 601 g/mol. The van der Waals surface area contributed by atoms with Crippen LogP contribution in [0.1, 0.15) is 30.1 Å². The monoisotopic (exact) mass is 600 g/mol. The molecule has 1 N–H and O–H groups in total. The summed E-state index contributed by atoms with van der Waals surface area (Å²) in [4.78, 5) is 16.5. The lowest BCUT2D eigenvalue weighted by atomic mass is 10.0. The number of halogens is 4. The van der Waals surface area contributed by atoms with Gasteiger partial charge in [0.15, 0.2) is 23.9 Å². The van der Waals surface area contributed by atoms with Gasteiger partial charge in [0.2, 0.25) is 0 Å². The van der Waals surface area contributed by atoms with Gasteiger partial charge in [-0.25, -0.2) is 9.78 Å². The minimum Gasteiger partial charge on any atom is -0.497 e. The number of nitrogens with one attached hydrogen (secondary N) is 1. The molecule has 0 radical (unpaired) electrons. The first-order valence-electron chi connectivity index (χ1n) is 11.9. The fraction of sp³-hybridized carbons (Fsp3) is 0.333. The normalized spacial score (nSPS) is 13.6. The molecular formula is C27H26Cl2F2NO6S+. The number of pyridine rings is 1. The second-order valence-electron chi connectivity index (χ2n) is 8.65. The van der Waals surface area contributed by atoms with Crippen LogP contribution in [0.3, 0.4) is 0 Å². The van der Waals surface area contributed by atoms with Gasteiger partial charge in [-0.2, -0.15) is 8.78 Å².